The zero-order valence-corrected chi connectivity index (χ0v) is 10.4. The first-order chi connectivity index (χ1) is 6.76. The average Bonchev–Trinajstić information content (AvgIpc) is 2.55. The Morgan fingerprint density at radius 3 is 2.73 bits per heavy atom. The fourth-order valence-electron chi connectivity index (χ4n) is 1.69. The summed E-state index contributed by atoms with van der Waals surface area (Å²) in [5.74, 6) is 1.67. The van der Waals surface area contributed by atoms with Crippen LogP contribution in [0.25, 0.3) is 11.0 Å². The van der Waals surface area contributed by atoms with Gasteiger partial charge >= 0.3 is 0 Å². The zero-order valence-electron chi connectivity index (χ0n) is 8.83. The lowest BCUT2D eigenvalue weighted by molar-refractivity contribution is 0.829. The number of hydrogen-bond donors (Lipinski definition) is 0. The molecule has 2 aromatic rings. The third kappa shape index (κ3) is 2.11. The number of alkyl halides is 1. The van der Waals surface area contributed by atoms with E-state index < -0.39 is 0 Å². The Hall–Kier alpha value is -0.730. The van der Waals surface area contributed by atoms with Crippen LogP contribution < -0.4 is 0 Å². The molecule has 1 aromatic heterocycles. The number of aromatic nitrogens is 2. The van der Waals surface area contributed by atoms with E-state index >= 15 is 0 Å². The lowest BCUT2D eigenvalue weighted by Crippen LogP contribution is -1.94. The smallest absolute Gasteiger partial charge is 0.109 e. The van der Waals surface area contributed by atoms with Crippen LogP contribution in [0.1, 0.15) is 18.3 Å². The minimum Gasteiger partial charge on any atom is -0.331 e. The predicted molar refractivity (Wildman–Crippen MR) is 66.9 cm³/mol. The van der Waals surface area contributed by atoms with Gasteiger partial charge in [0.15, 0.2) is 0 Å². The van der Waals surface area contributed by atoms with Crippen LogP contribution in [-0.2, 0) is 19.3 Å². The summed E-state index contributed by atoms with van der Waals surface area (Å²) >= 11 is 5.77. The molecule has 2 rings (SSSR count). The van der Waals surface area contributed by atoms with Crippen LogP contribution in [0.3, 0.4) is 0 Å². The van der Waals surface area contributed by atoms with E-state index in [4.69, 9.17) is 11.6 Å². The van der Waals surface area contributed by atoms with Crippen molar-refractivity contribution in [3.8, 4) is 0 Å². The summed E-state index contributed by atoms with van der Waals surface area (Å²) in [6, 6.07) is 6.19. The monoisotopic (exact) mass is 244 g/mol. The first-order valence-electron chi connectivity index (χ1n) is 4.76. The molecule has 2 nitrogen and oxygen atoms in total. The maximum Gasteiger partial charge on any atom is 0.109 e. The maximum absolute atomic E-state index is 5.77. The van der Waals surface area contributed by atoms with E-state index in [1.807, 2.05) is 0 Å². The van der Waals surface area contributed by atoms with Crippen molar-refractivity contribution in [2.75, 3.05) is 0 Å². The molecule has 0 fully saturated rings. The Bertz CT molecular complexity index is 463. The van der Waals surface area contributed by atoms with Crippen LogP contribution in [0.4, 0.5) is 0 Å². The lowest BCUT2D eigenvalue weighted by atomic mass is 10.2. The summed E-state index contributed by atoms with van der Waals surface area (Å²) < 4.78 is 2.13. The minimum atomic E-state index is 0. The van der Waals surface area contributed by atoms with Crippen LogP contribution in [0.2, 0.25) is 0 Å². The molecule has 0 atom stereocenters. The van der Waals surface area contributed by atoms with E-state index in [1.165, 1.54) is 5.52 Å². The molecule has 0 spiro atoms. The van der Waals surface area contributed by atoms with Gasteiger partial charge in [0.1, 0.15) is 5.82 Å². The van der Waals surface area contributed by atoms with Crippen molar-refractivity contribution in [3.63, 3.8) is 0 Å². The van der Waals surface area contributed by atoms with Gasteiger partial charge in [0.2, 0.25) is 0 Å². The summed E-state index contributed by atoms with van der Waals surface area (Å²) in [5.41, 5.74) is 3.35. The molecule has 0 saturated heterocycles. The number of benzene rings is 1. The van der Waals surface area contributed by atoms with Gasteiger partial charge < -0.3 is 4.57 Å². The Kier molecular flexibility index (Phi) is 4.00. The third-order valence-corrected chi connectivity index (χ3v) is 2.82. The van der Waals surface area contributed by atoms with Crippen molar-refractivity contribution in [1.82, 2.24) is 9.55 Å². The molecule has 0 aliphatic rings. The van der Waals surface area contributed by atoms with Gasteiger partial charge in [0.25, 0.3) is 0 Å². The van der Waals surface area contributed by atoms with E-state index in [1.54, 1.807) is 0 Å². The highest BCUT2D eigenvalue weighted by molar-refractivity contribution is 6.17. The number of fused-ring (bicyclic) bond motifs is 1. The van der Waals surface area contributed by atoms with Crippen molar-refractivity contribution >= 4 is 35.0 Å². The molecule has 4 heteroatoms. The molecule has 1 aromatic carbocycles. The molecule has 0 amide bonds. The molecule has 0 aliphatic carbocycles. The molecule has 0 radical (unpaired) electrons. The Morgan fingerprint density at radius 1 is 1.40 bits per heavy atom. The highest BCUT2D eigenvalue weighted by atomic mass is 35.5. The van der Waals surface area contributed by atoms with Gasteiger partial charge in [-0.2, -0.15) is 0 Å². The van der Waals surface area contributed by atoms with Gasteiger partial charge in [-0.25, -0.2) is 4.98 Å². The second-order valence-corrected chi connectivity index (χ2v) is 3.66. The summed E-state index contributed by atoms with van der Waals surface area (Å²) in [7, 11) is 2.05. The summed E-state index contributed by atoms with van der Waals surface area (Å²) in [6.07, 6.45) is 0.960. The van der Waals surface area contributed by atoms with E-state index in [0.717, 1.165) is 23.3 Å². The predicted octanol–water partition coefficient (Wildman–Crippen LogP) is 3.30. The van der Waals surface area contributed by atoms with Crippen LogP contribution in [-0.4, -0.2) is 9.55 Å². The topological polar surface area (TPSA) is 17.8 Å². The summed E-state index contributed by atoms with van der Waals surface area (Å²) in [5, 5.41) is 0. The Balaban J connectivity index is 0.00000112. The van der Waals surface area contributed by atoms with Crippen LogP contribution in [0.15, 0.2) is 18.2 Å². The van der Waals surface area contributed by atoms with Gasteiger partial charge in [-0.1, -0.05) is 13.0 Å². The molecular weight excluding hydrogens is 231 g/mol. The largest absolute Gasteiger partial charge is 0.331 e. The number of nitrogens with zero attached hydrogens (tertiary/aromatic N) is 2. The lowest BCUT2D eigenvalue weighted by Gasteiger charge is -1.98. The van der Waals surface area contributed by atoms with Crippen molar-refractivity contribution < 1.29 is 0 Å². The number of rotatable bonds is 2. The molecule has 0 bridgehead atoms. The van der Waals surface area contributed by atoms with Gasteiger partial charge in [-0.15, -0.1) is 24.0 Å². The van der Waals surface area contributed by atoms with Gasteiger partial charge in [-0.3, -0.25) is 0 Å². The van der Waals surface area contributed by atoms with Gasteiger partial charge in [-0.05, 0) is 17.7 Å². The summed E-state index contributed by atoms with van der Waals surface area (Å²) in [6.45, 7) is 2.11. The van der Waals surface area contributed by atoms with Crippen molar-refractivity contribution in [1.29, 1.82) is 0 Å². The number of halogens is 2. The number of hydrogen-bond acceptors (Lipinski definition) is 1. The van der Waals surface area contributed by atoms with Crippen molar-refractivity contribution in [2.45, 2.75) is 19.2 Å². The standard InChI is InChI=1S/C11H13ClN2.ClH/c1-3-11-13-9-6-8(7-12)4-5-10(9)14(11)2;/h4-6H,3,7H2,1-2H3;1H. The molecule has 15 heavy (non-hydrogen) atoms. The Morgan fingerprint density at radius 2 is 2.13 bits per heavy atom. The van der Waals surface area contributed by atoms with Crippen molar-refractivity contribution in [2.24, 2.45) is 7.05 Å². The average molecular weight is 245 g/mol. The van der Waals surface area contributed by atoms with Crippen LogP contribution in [0, 0.1) is 0 Å². The van der Waals surface area contributed by atoms with Gasteiger partial charge in [0.05, 0.1) is 11.0 Å². The van der Waals surface area contributed by atoms with Crippen LogP contribution in [0.5, 0.6) is 0 Å². The highest BCUT2D eigenvalue weighted by Gasteiger charge is 2.05. The van der Waals surface area contributed by atoms with Crippen molar-refractivity contribution in [3.05, 3.63) is 29.6 Å². The third-order valence-electron chi connectivity index (χ3n) is 2.51. The SMILES string of the molecule is CCc1nc2cc(CCl)ccc2n1C.Cl. The molecule has 82 valence electrons. The molecular formula is C11H14Cl2N2. The van der Waals surface area contributed by atoms with E-state index in [-0.39, 0.29) is 12.4 Å². The molecule has 0 saturated carbocycles. The Labute approximate surface area is 101 Å². The van der Waals surface area contributed by atoms with E-state index in [2.05, 4.69) is 41.7 Å². The quantitative estimate of drug-likeness (QED) is 0.742. The van der Waals surface area contributed by atoms with Crippen LogP contribution >= 0.6 is 24.0 Å². The normalized spacial score (nSPS) is 10.3. The first-order valence-corrected chi connectivity index (χ1v) is 5.30. The minimum absolute atomic E-state index is 0. The molecule has 0 aliphatic heterocycles. The second-order valence-electron chi connectivity index (χ2n) is 3.40. The highest BCUT2D eigenvalue weighted by Crippen LogP contribution is 2.17. The fourth-order valence-corrected chi connectivity index (χ4v) is 1.86. The number of aryl methyl sites for hydroxylation is 2. The molecule has 0 N–H and O–H groups in total. The fraction of sp³-hybridized carbons (Fsp3) is 0.364. The van der Waals surface area contributed by atoms with Gasteiger partial charge in [0, 0.05) is 19.3 Å². The molecule has 0 unspecified atom stereocenters. The van der Waals surface area contributed by atoms with E-state index in [0.29, 0.717) is 5.88 Å². The maximum atomic E-state index is 5.77. The number of imidazole rings is 1. The summed E-state index contributed by atoms with van der Waals surface area (Å²) in [4.78, 5) is 4.54. The first kappa shape index (κ1) is 12.3. The van der Waals surface area contributed by atoms with E-state index in [9.17, 15) is 0 Å². The molecule has 1 heterocycles. The zero-order chi connectivity index (χ0) is 10.1. The second kappa shape index (κ2) is 4.86.